The Morgan fingerprint density at radius 2 is 1.76 bits per heavy atom. The number of nitrogens with one attached hydrogen (secondary N) is 1. The molecule has 0 saturated carbocycles. The third kappa shape index (κ3) is 4.54. The van der Waals surface area contributed by atoms with Crippen molar-refractivity contribution in [3.05, 3.63) is 70.0 Å². The van der Waals surface area contributed by atoms with E-state index in [2.05, 4.69) is 10.4 Å². The van der Waals surface area contributed by atoms with Gasteiger partial charge in [-0.15, -0.1) is 0 Å². The Bertz CT molecular complexity index is 1010. The van der Waals surface area contributed by atoms with Crippen LogP contribution in [0.3, 0.4) is 0 Å². The Labute approximate surface area is 175 Å². The molecule has 0 radical (unpaired) electrons. The fourth-order valence-electron chi connectivity index (χ4n) is 3.09. The number of rotatable bonds is 7. The maximum atomic E-state index is 12.4. The van der Waals surface area contributed by atoms with Gasteiger partial charge in [-0.3, -0.25) is 4.79 Å². The van der Waals surface area contributed by atoms with Gasteiger partial charge in [-0.1, -0.05) is 17.7 Å². The minimum absolute atomic E-state index is 0.122. The second-order valence-electron chi connectivity index (χ2n) is 6.64. The summed E-state index contributed by atoms with van der Waals surface area (Å²) in [5.41, 5.74) is 4.16. The van der Waals surface area contributed by atoms with Gasteiger partial charge in [-0.2, -0.15) is 5.10 Å². The molecule has 1 N–H and O–H groups in total. The SMILES string of the molecule is COc1ccc(CCNC(=O)c2ccc(-n3nc(C)c(Cl)c3C)cc2)cc1OC. The van der Waals surface area contributed by atoms with Gasteiger partial charge in [-0.25, -0.2) is 4.68 Å². The molecule has 0 unspecified atom stereocenters. The van der Waals surface area contributed by atoms with Gasteiger partial charge in [0.2, 0.25) is 0 Å². The molecule has 1 heterocycles. The summed E-state index contributed by atoms with van der Waals surface area (Å²) in [7, 11) is 3.21. The Kier molecular flexibility index (Phi) is 6.44. The molecule has 29 heavy (non-hydrogen) atoms. The molecule has 0 atom stereocenters. The number of methoxy groups -OCH3 is 2. The van der Waals surface area contributed by atoms with Gasteiger partial charge in [-0.05, 0) is 62.2 Å². The lowest BCUT2D eigenvalue weighted by atomic mass is 10.1. The summed E-state index contributed by atoms with van der Waals surface area (Å²) in [5.74, 6) is 1.24. The predicted molar refractivity (Wildman–Crippen MR) is 114 cm³/mol. The lowest BCUT2D eigenvalue weighted by Gasteiger charge is -2.10. The van der Waals surface area contributed by atoms with E-state index < -0.39 is 0 Å². The summed E-state index contributed by atoms with van der Waals surface area (Å²) in [6, 6.07) is 13.0. The molecule has 0 aliphatic carbocycles. The van der Waals surface area contributed by atoms with Crippen molar-refractivity contribution in [2.45, 2.75) is 20.3 Å². The zero-order valence-corrected chi connectivity index (χ0v) is 17.7. The van der Waals surface area contributed by atoms with Crippen LogP contribution in [-0.2, 0) is 6.42 Å². The standard InChI is InChI=1S/C22H24ClN3O3/c1-14-21(23)15(2)26(25-14)18-8-6-17(7-9-18)22(27)24-12-11-16-5-10-19(28-3)20(13-16)29-4/h5-10,13H,11-12H2,1-4H3,(H,24,27). The van der Waals surface area contributed by atoms with E-state index in [9.17, 15) is 4.79 Å². The van der Waals surface area contributed by atoms with Gasteiger partial charge in [0.25, 0.3) is 5.91 Å². The average molecular weight is 414 g/mol. The van der Waals surface area contributed by atoms with E-state index in [-0.39, 0.29) is 5.91 Å². The molecule has 0 spiro atoms. The molecule has 7 heteroatoms. The van der Waals surface area contributed by atoms with E-state index in [1.54, 1.807) is 31.0 Å². The number of carbonyl (C=O) groups excluding carboxylic acids is 1. The maximum Gasteiger partial charge on any atom is 0.251 e. The highest BCUT2D eigenvalue weighted by molar-refractivity contribution is 6.31. The predicted octanol–water partition coefficient (Wildman–Crippen LogP) is 4.13. The lowest BCUT2D eigenvalue weighted by molar-refractivity contribution is 0.0954. The quantitative estimate of drug-likeness (QED) is 0.632. The van der Waals surface area contributed by atoms with E-state index in [4.69, 9.17) is 21.1 Å². The number of nitrogens with zero attached hydrogens (tertiary/aromatic N) is 2. The monoisotopic (exact) mass is 413 g/mol. The average Bonchev–Trinajstić information content (AvgIpc) is 3.00. The third-order valence-electron chi connectivity index (χ3n) is 4.72. The minimum atomic E-state index is -0.122. The maximum absolute atomic E-state index is 12.4. The normalized spacial score (nSPS) is 10.7. The molecule has 0 fully saturated rings. The molecule has 6 nitrogen and oxygen atoms in total. The van der Waals surface area contributed by atoms with Crippen LogP contribution in [0.15, 0.2) is 42.5 Å². The molecule has 3 rings (SSSR count). The van der Waals surface area contributed by atoms with Crippen LogP contribution in [0.5, 0.6) is 11.5 Å². The highest BCUT2D eigenvalue weighted by Gasteiger charge is 2.12. The summed E-state index contributed by atoms with van der Waals surface area (Å²) in [6.07, 6.45) is 0.689. The number of amides is 1. The second-order valence-corrected chi connectivity index (χ2v) is 7.02. The van der Waals surface area contributed by atoms with Crippen LogP contribution < -0.4 is 14.8 Å². The van der Waals surface area contributed by atoms with Crippen LogP contribution in [0, 0.1) is 13.8 Å². The fraction of sp³-hybridized carbons (Fsp3) is 0.273. The minimum Gasteiger partial charge on any atom is -0.493 e. The van der Waals surface area contributed by atoms with Gasteiger partial charge in [0.15, 0.2) is 11.5 Å². The van der Waals surface area contributed by atoms with Gasteiger partial charge >= 0.3 is 0 Å². The summed E-state index contributed by atoms with van der Waals surface area (Å²) < 4.78 is 12.3. The fourth-order valence-corrected chi connectivity index (χ4v) is 3.21. The first-order valence-corrected chi connectivity index (χ1v) is 9.63. The first kappa shape index (κ1) is 20.7. The Hall–Kier alpha value is -2.99. The first-order chi connectivity index (χ1) is 13.9. The number of aromatic nitrogens is 2. The van der Waals surface area contributed by atoms with Crippen LogP contribution in [0.1, 0.15) is 27.3 Å². The first-order valence-electron chi connectivity index (χ1n) is 9.26. The summed E-state index contributed by atoms with van der Waals surface area (Å²) in [5, 5.41) is 8.03. The van der Waals surface area contributed by atoms with Crippen LogP contribution >= 0.6 is 11.6 Å². The van der Waals surface area contributed by atoms with Crippen LogP contribution in [0.2, 0.25) is 5.02 Å². The van der Waals surface area contributed by atoms with Crippen LogP contribution in [0.25, 0.3) is 5.69 Å². The van der Waals surface area contributed by atoms with Crippen molar-refractivity contribution in [3.63, 3.8) is 0 Å². The Morgan fingerprint density at radius 1 is 1.07 bits per heavy atom. The second kappa shape index (κ2) is 9.01. The van der Waals surface area contributed by atoms with Crippen molar-refractivity contribution in [1.82, 2.24) is 15.1 Å². The highest BCUT2D eigenvalue weighted by atomic mass is 35.5. The lowest BCUT2D eigenvalue weighted by Crippen LogP contribution is -2.25. The number of benzene rings is 2. The smallest absolute Gasteiger partial charge is 0.251 e. The molecule has 1 amide bonds. The van der Waals surface area contributed by atoms with Crippen molar-refractivity contribution in [1.29, 1.82) is 0 Å². The van der Waals surface area contributed by atoms with E-state index in [0.29, 0.717) is 35.1 Å². The molecule has 0 aliphatic heterocycles. The van der Waals surface area contributed by atoms with Crippen molar-refractivity contribution in [2.24, 2.45) is 0 Å². The topological polar surface area (TPSA) is 65.4 Å². The van der Waals surface area contributed by atoms with Crippen molar-refractivity contribution in [2.75, 3.05) is 20.8 Å². The molecule has 0 saturated heterocycles. The van der Waals surface area contributed by atoms with Crippen LogP contribution in [0.4, 0.5) is 0 Å². The van der Waals surface area contributed by atoms with E-state index >= 15 is 0 Å². The highest BCUT2D eigenvalue weighted by Crippen LogP contribution is 2.27. The number of hydrogen-bond acceptors (Lipinski definition) is 4. The van der Waals surface area contributed by atoms with Gasteiger partial charge in [0.1, 0.15) is 0 Å². The summed E-state index contributed by atoms with van der Waals surface area (Å²) in [6.45, 7) is 4.30. The molecule has 0 bridgehead atoms. The van der Waals surface area contributed by atoms with Gasteiger partial charge < -0.3 is 14.8 Å². The van der Waals surface area contributed by atoms with E-state index in [0.717, 1.165) is 22.6 Å². The van der Waals surface area contributed by atoms with Gasteiger partial charge in [0.05, 0.1) is 36.3 Å². The number of halogens is 1. The third-order valence-corrected chi connectivity index (χ3v) is 5.27. The Balaban J connectivity index is 1.60. The zero-order valence-electron chi connectivity index (χ0n) is 17.0. The molecular formula is C22H24ClN3O3. The van der Waals surface area contributed by atoms with Crippen LogP contribution in [-0.4, -0.2) is 36.5 Å². The summed E-state index contributed by atoms with van der Waals surface area (Å²) >= 11 is 6.21. The largest absolute Gasteiger partial charge is 0.493 e. The molecular weight excluding hydrogens is 390 g/mol. The molecule has 0 aliphatic rings. The molecule has 152 valence electrons. The summed E-state index contributed by atoms with van der Waals surface area (Å²) in [4.78, 5) is 12.4. The van der Waals surface area contributed by atoms with E-state index in [1.165, 1.54) is 0 Å². The zero-order chi connectivity index (χ0) is 21.0. The Morgan fingerprint density at radius 3 is 2.34 bits per heavy atom. The number of ether oxygens (including phenoxy) is 2. The van der Waals surface area contributed by atoms with Crippen molar-refractivity contribution in [3.8, 4) is 17.2 Å². The number of hydrogen-bond donors (Lipinski definition) is 1. The van der Waals surface area contributed by atoms with Gasteiger partial charge in [0, 0.05) is 12.1 Å². The van der Waals surface area contributed by atoms with E-state index in [1.807, 2.05) is 44.2 Å². The number of carbonyl (C=O) groups is 1. The molecule has 2 aromatic carbocycles. The van der Waals surface area contributed by atoms with Crippen molar-refractivity contribution >= 4 is 17.5 Å². The molecule has 1 aromatic heterocycles. The molecule has 3 aromatic rings. The number of aryl methyl sites for hydroxylation is 1. The van der Waals surface area contributed by atoms with Crippen molar-refractivity contribution < 1.29 is 14.3 Å².